The quantitative estimate of drug-likeness (QED) is 0.578. The molecule has 1 saturated heterocycles. The molecular formula is C10H7ClN2OS. The Kier molecular flexibility index (Phi) is 2.70. The van der Waals surface area contributed by atoms with Gasteiger partial charge in [0.1, 0.15) is 5.70 Å². The molecule has 2 rings (SSSR count). The third-order valence-electron chi connectivity index (χ3n) is 1.90. The first-order valence-electron chi connectivity index (χ1n) is 4.25. The lowest BCUT2D eigenvalue weighted by Crippen LogP contribution is -2.21. The maximum absolute atomic E-state index is 11.3. The Morgan fingerprint density at radius 3 is 2.40 bits per heavy atom. The van der Waals surface area contributed by atoms with Crippen LogP contribution in [0, 0.1) is 0 Å². The van der Waals surface area contributed by atoms with E-state index in [1.165, 1.54) is 0 Å². The number of hydrogen-bond donors (Lipinski definition) is 2. The van der Waals surface area contributed by atoms with Crippen LogP contribution < -0.4 is 10.6 Å². The summed E-state index contributed by atoms with van der Waals surface area (Å²) in [6, 6.07) is 7.18. The number of benzene rings is 1. The summed E-state index contributed by atoms with van der Waals surface area (Å²) in [6.07, 6.45) is 1.71. The normalized spacial score (nSPS) is 17.8. The van der Waals surface area contributed by atoms with Crippen molar-refractivity contribution in [2.24, 2.45) is 0 Å². The van der Waals surface area contributed by atoms with Crippen LogP contribution in [0.3, 0.4) is 0 Å². The fourth-order valence-electron chi connectivity index (χ4n) is 1.21. The number of hydrogen-bond acceptors (Lipinski definition) is 2. The molecule has 15 heavy (non-hydrogen) atoms. The van der Waals surface area contributed by atoms with Crippen LogP contribution >= 0.6 is 23.8 Å². The molecule has 1 fully saturated rings. The Labute approximate surface area is 97.1 Å². The van der Waals surface area contributed by atoms with Crippen LogP contribution in [0.15, 0.2) is 30.0 Å². The monoisotopic (exact) mass is 238 g/mol. The first-order valence-corrected chi connectivity index (χ1v) is 5.03. The largest absolute Gasteiger partial charge is 0.328 e. The van der Waals surface area contributed by atoms with E-state index < -0.39 is 0 Å². The molecule has 0 spiro atoms. The molecule has 0 saturated carbocycles. The molecule has 0 aliphatic carbocycles. The van der Waals surface area contributed by atoms with Crippen molar-refractivity contribution in [1.29, 1.82) is 0 Å². The highest BCUT2D eigenvalue weighted by Crippen LogP contribution is 2.12. The minimum atomic E-state index is -0.213. The van der Waals surface area contributed by atoms with Gasteiger partial charge in [-0.2, -0.15) is 0 Å². The van der Waals surface area contributed by atoms with E-state index in [9.17, 15) is 4.79 Å². The van der Waals surface area contributed by atoms with E-state index in [0.717, 1.165) is 5.56 Å². The summed E-state index contributed by atoms with van der Waals surface area (Å²) in [5.74, 6) is -0.213. The van der Waals surface area contributed by atoms with E-state index in [1.807, 2.05) is 12.1 Å². The van der Waals surface area contributed by atoms with Crippen molar-refractivity contribution in [3.05, 3.63) is 40.5 Å². The summed E-state index contributed by atoms with van der Waals surface area (Å²) < 4.78 is 0. The maximum Gasteiger partial charge on any atom is 0.273 e. The topological polar surface area (TPSA) is 41.1 Å². The summed E-state index contributed by atoms with van der Waals surface area (Å²) in [7, 11) is 0. The average Bonchev–Trinajstić information content (AvgIpc) is 2.49. The van der Waals surface area contributed by atoms with Gasteiger partial charge in [0.05, 0.1) is 0 Å². The van der Waals surface area contributed by atoms with Crippen molar-refractivity contribution >= 4 is 40.9 Å². The minimum absolute atomic E-state index is 0.213. The molecular weight excluding hydrogens is 232 g/mol. The van der Waals surface area contributed by atoms with Gasteiger partial charge in [-0.15, -0.1) is 0 Å². The second-order valence-electron chi connectivity index (χ2n) is 3.02. The molecule has 1 aliphatic heterocycles. The third-order valence-corrected chi connectivity index (χ3v) is 2.36. The molecule has 76 valence electrons. The van der Waals surface area contributed by atoms with Crippen molar-refractivity contribution in [2.75, 3.05) is 0 Å². The molecule has 5 heteroatoms. The SMILES string of the molecule is O=C1NC(=S)N/C1=C/c1ccc(Cl)cc1. The van der Waals surface area contributed by atoms with Crippen LogP contribution in [0.25, 0.3) is 6.08 Å². The molecule has 0 aromatic heterocycles. The number of rotatable bonds is 1. The van der Waals surface area contributed by atoms with Crippen LogP contribution in [0.4, 0.5) is 0 Å². The zero-order valence-corrected chi connectivity index (χ0v) is 9.15. The fourth-order valence-corrected chi connectivity index (χ4v) is 1.54. The number of nitrogens with one attached hydrogen (secondary N) is 2. The molecule has 2 N–H and O–H groups in total. The van der Waals surface area contributed by atoms with Gasteiger partial charge < -0.3 is 5.32 Å². The second kappa shape index (κ2) is 4.00. The van der Waals surface area contributed by atoms with Gasteiger partial charge in [-0.1, -0.05) is 23.7 Å². The van der Waals surface area contributed by atoms with Crippen molar-refractivity contribution in [3.8, 4) is 0 Å². The molecule has 0 unspecified atom stereocenters. The van der Waals surface area contributed by atoms with Gasteiger partial charge in [-0.25, -0.2) is 0 Å². The first-order chi connectivity index (χ1) is 7.15. The molecule has 0 radical (unpaired) electrons. The summed E-state index contributed by atoms with van der Waals surface area (Å²) in [6.45, 7) is 0. The van der Waals surface area contributed by atoms with Gasteiger partial charge in [0.15, 0.2) is 5.11 Å². The van der Waals surface area contributed by atoms with Crippen molar-refractivity contribution in [1.82, 2.24) is 10.6 Å². The third kappa shape index (κ3) is 2.34. The summed E-state index contributed by atoms with van der Waals surface area (Å²) >= 11 is 10.5. The predicted octanol–water partition coefficient (Wildman–Crippen LogP) is 1.69. The number of thiocarbonyl (C=S) groups is 1. The van der Waals surface area contributed by atoms with Gasteiger partial charge in [0.2, 0.25) is 0 Å². The molecule has 0 atom stereocenters. The number of amides is 1. The van der Waals surface area contributed by atoms with Gasteiger partial charge in [0, 0.05) is 5.02 Å². The molecule has 1 heterocycles. The Bertz CT molecular complexity index is 453. The lowest BCUT2D eigenvalue weighted by molar-refractivity contribution is -0.115. The van der Waals surface area contributed by atoms with Gasteiger partial charge >= 0.3 is 0 Å². The van der Waals surface area contributed by atoms with Gasteiger partial charge in [-0.05, 0) is 36.0 Å². The van der Waals surface area contributed by atoms with Crippen LogP contribution in [0.5, 0.6) is 0 Å². The predicted molar refractivity (Wildman–Crippen MR) is 63.3 cm³/mol. The number of halogens is 1. The van der Waals surface area contributed by atoms with E-state index >= 15 is 0 Å². The minimum Gasteiger partial charge on any atom is -0.328 e. The Morgan fingerprint density at radius 2 is 1.87 bits per heavy atom. The lowest BCUT2D eigenvalue weighted by atomic mass is 10.2. The molecule has 3 nitrogen and oxygen atoms in total. The molecule has 1 aliphatic rings. The molecule has 1 amide bonds. The average molecular weight is 239 g/mol. The van der Waals surface area contributed by atoms with E-state index in [-0.39, 0.29) is 5.91 Å². The summed E-state index contributed by atoms with van der Waals surface area (Å²) in [4.78, 5) is 11.3. The van der Waals surface area contributed by atoms with Crippen LogP contribution in [-0.4, -0.2) is 11.0 Å². The zero-order chi connectivity index (χ0) is 10.8. The van der Waals surface area contributed by atoms with Crippen LogP contribution in [0.2, 0.25) is 5.02 Å². The summed E-state index contributed by atoms with van der Waals surface area (Å²) in [5, 5.41) is 6.25. The first kappa shape index (κ1) is 10.1. The number of carbonyl (C=O) groups is 1. The highest BCUT2D eigenvalue weighted by Gasteiger charge is 2.19. The van der Waals surface area contributed by atoms with Crippen LogP contribution in [-0.2, 0) is 4.79 Å². The van der Waals surface area contributed by atoms with Crippen molar-refractivity contribution < 1.29 is 4.79 Å². The van der Waals surface area contributed by atoms with Crippen LogP contribution in [0.1, 0.15) is 5.56 Å². The Morgan fingerprint density at radius 1 is 1.20 bits per heavy atom. The zero-order valence-electron chi connectivity index (χ0n) is 7.58. The second-order valence-corrected chi connectivity index (χ2v) is 3.86. The van der Waals surface area contributed by atoms with Gasteiger partial charge in [0.25, 0.3) is 5.91 Å². The van der Waals surface area contributed by atoms with Crippen molar-refractivity contribution in [3.63, 3.8) is 0 Å². The highest BCUT2D eigenvalue weighted by atomic mass is 35.5. The number of carbonyl (C=O) groups excluding carboxylic acids is 1. The van der Waals surface area contributed by atoms with E-state index in [1.54, 1.807) is 18.2 Å². The lowest BCUT2D eigenvalue weighted by Gasteiger charge is -1.96. The van der Waals surface area contributed by atoms with E-state index in [0.29, 0.717) is 15.8 Å². The standard InChI is InChI=1S/C10H7ClN2OS/c11-7-3-1-6(2-4-7)5-8-9(14)13-10(15)12-8/h1-5H,(H2,12,13,14,15)/b8-5+. The molecule has 1 aromatic carbocycles. The van der Waals surface area contributed by atoms with E-state index in [4.69, 9.17) is 23.8 Å². The highest BCUT2D eigenvalue weighted by molar-refractivity contribution is 7.80. The summed E-state index contributed by atoms with van der Waals surface area (Å²) in [5.41, 5.74) is 1.34. The Balaban J connectivity index is 2.27. The maximum atomic E-state index is 11.3. The molecule has 1 aromatic rings. The fraction of sp³-hybridized carbons (Fsp3) is 0. The van der Waals surface area contributed by atoms with Gasteiger partial charge in [-0.3, -0.25) is 10.1 Å². The Hall–Kier alpha value is -1.39. The van der Waals surface area contributed by atoms with E-state index in [2.05, 4.69) is 10.6 Å². The van der Waals surface area contributed by atoms with Crippen molar-refractivity contribution in [2.45, 2.75) is 0 Å². The smallest absolute Gasteiger partial charge is 0.273 e. The molecule has 0 bridgehead atoms.